The summed E-state index contributed by atoms with van der Waals surface area (Å²) in [5, 5.41) is 8.96. The van der Waals surface area contributed by atoms with E-state index in [1.165, 1.54) is 0 Å². The Balaban J connectivity index is 1.90. The van der Waals surface area contributed by atoms with Gasteiger partial charge in [0, 0.05) is 18.7 Å². The van der Waals surface area contributed by atoms with Crippen molar-refractivity contribution in [1.82, 2.24) is 4.90 Å². The third-order valence-corrected chi connectivity index (χ3v) is 3.89. The molecule has 3 rings (SSSR count). The summed E-state index contributed by atoms with van der Waals surface area (Å²) in [6, 6.07) is 19.9. The highest BCUT2D eigenvalue weighted by atomic mass is 16.5. The van der Waals surface area contributed by atoms with E-state index >= 15 is 0 Å². The van der Waals surface area contributed by atoms with Crippen LogP contribution in [0.3, 0.4) is 0 Å². The minimum Gasteiger partial charge on any atom is -0.379 e. The molecule has 0 saturated carbocycles. The van der Waals surface area contributed by atoms with Crippen molar-refractivity contribution in [2.24, 2.45) is 0 Å². The minimum absolute atomic E-state index is 0.0202. The maximum absolute atomic E-state index is 8.96. The largest absolute Gasteiger partial charge is 0.379 e. The molecular formula is C20H18N2O. The van der Waals surface area contributed by atoms with Gasteiger partial charge in [0.2, 0.25) is 0 Å². The maximum atomic E-state index is 8.96. The first-order chi connectivity index (χ1) is 11.4. The number of nitriles is 1. The Kier molecular flexibility index (Phi) is 5.06. The van der Waals surface area contributed by atoms with Gasteiger partial charge >= 0.3 is 0 Å². The van der Waals surface area contributed by atoms with Crippen molar-refractivity contribution in [1.29, 1.82) is 5.26 Å². The van der Waals surface area contributed by atoms with Gasteiger partial charge in [-0.05, 0) is 29.8 Å². The van der Waals surface area contributed by atoms with Crippen molar-refractivity contribution >= 4 is 0 Å². The van der Waals surface area contributed by atoms with Crippen LogP contribution in [-0.4, -0.2) is 31.2 Å². The van der Waals surface area contributed by atoms with Gasteiger partial charge in [-0.2, -0.15) is 5.26 Å². The molecule has 1 fully saturated rings. The maximum Gasteiger partial charge on any atom is 0.0991 e. The highest BCUT2D eigenvalue weighted by Crippen LogP contribution is 2.22. The summed E-state index contributed by atoms with van der Waals surface area (Å²) in [7, 11) is 0. The van der Waals surface area contributed by atoms with Crippen molar-refractivity contribution in [2.75, 3.05) is 26.3 Å². The lowest BCUT2D eigenvalue weighted by Gasteiger charge is -2.31. The predicted molar refractivity (Wildman–Crippen MR) is 89.6 cm³/mol. The fourth-order valence-electron chi connectivity index (χ4n) is 2.63. The second-order valence-electron chi connectivity index (χ2n) is 5.42. The Morgan fingerprint density at radius 3 is 2.26 bits per heavy atom. The van der Waals surface area contributed by atoms with Gasteiger partial charge in [0.15, 0.2) is 0 Å². The average Bonchev–Trinajstić information content (AvgIpc) is 2.64. The van der Waals surface area contributed by atoms with Crippen LogP contribution in [0.15, 0.2) is 54.6 Å². The minimum atomic E-state index is 0.0202. The first-order valence-corrected chi connectivity index (χ1v) is 7.75. The van der Waals surface area contributed by atoms with E-state index in [0.717, 1.165) is 37.4 Å². The number of hydrogen-bond donors (Lipinski definition) is 0. The van der Waals surface area contributed by atoms with Crippen LogP contribution >= 0.6 is 0 Å². The van der Waals surface area contributed by atoms with Gasteiger partial charge < -0.3 is 4.74 Å². The molecule has 2 aromatic carbocycles. The van der Waals surface area contributed by atoms with E-state index in [9.17, 15) is 0 Å². The third kappa shape index (κ3) is 3.99. The molecule has 1 heterocycles. The lowest BCUT2D eigenvalue weighted by atomic mass is 10.0. The standard InChI is InChI=1S/C20H18N2O/c21-16-18-6-9-19(10-7-18)20(22-12-14-23-15-13-22)11-8-17-4-2-1-3-5-17/h1-7,9-10,20H,12-15H2. The summed E-state index contributed by atoms with van der Waals surface area (Å²) in [6.07, 6.45) is 0. The van der Waals surface area contributed by atoms with Crippen LogP contribution < -0.4 is 0 Å². The molecule has 0 amide bonds. The fraction of sp³-hybridized carbons (Fsp3) is 0.250. The molecule has 1 aliphatic heterocycles. The average molecular weight is 302 g/mol. The van der Waals surface area contributed by atoms with E-state index in [1.54, 1.807) is 0 Å². The van der Waals surface area contributed by atoms with Crippen LogP contribution in [0.25, 0.3) is 0 Å². The second kappa shape index (κ2) is 7.61. The molecule has 0 N–H and O–H groups in total. The van der Waals surface area contributed by atoms with Crippen LogP contribution in [0.2, 0.25) is 0 Å². The topological polar surface area (TPSA) is 36.3 Å². The number of morpholine rings is 1. The Morgan fingerprint density at radius 1 is 0.913 bits per heavy atom. The molecular weight excluding hydrogens is 284 g/mol. The zero-order valence-electron chi connectivity index (χ0n) is 12.9. The van der Waals surface area contributed by atoms with E-state index in [0.29, 0.717) is 5.56 Å². The smallest absolute Gasteiger partial charge is 0.0991 e. The molecule has 23 heavy (non-hydrogen) atoms. The van der Waals surface area contributed by atoms with E-state index in [1.807, 2.05) is 54.6 Å². The monoisotopic (exact) mass is 302 g/mol. The number of benzene rings is 2. The zero-order valence-corrected chi connectivity index (χ0v) is 12.9. The number of ether oxygens (including phenoxy) is 1. The Bertz CT molecular complexity index is 729. The quantitative estimate of drug-likeness (QED) is 0.800. The Morgan fingerprint density at radius 2 is 1.61 bits per heavy atom. The van der Waals surface area contributed by atoms with Gasteiger partial charge in [-0.25, -0.2) is 0 Å². The molecule has 3 heteroatoms. The number of hydrogen-bond acceptors (Lipinski definition) is 3. The fourth-order valence-corrected chi connectivity index (χ4v) is 2.63. The Labute approximate surface area is 137 Å². The normalized spacial score (nSPS) is 16.0. The van der Waals surface area contributed by atoms with Gasteiger partial charge in [-0.15, -0.1) is 0 Å². The first kappa shape index (κ1) is 15.3. The molecule has 0 aromatic heterocycles. The van der Waals surface area contributed by atoms with Gasteiger partial charge in [0.1, 0.15) is 0 Å². The first-order valence-electron chi connectivity index (χ1n) is 7.75. The van der Waals surface area contributed by atoms with Crippen molar-refractivity contribution in [3.05, 3.63) is 71.3 Å². The molecule has 1 aliphatic rings. The number of rotatable bonds is 2. The van der Waals surface area contributed by atoms with Crippen LogP contribution in [0, 0.1) is 23.2 Å². The zero-order chi connectivity index (χ0) is 15.9. The van der Waals surface area contributed by atoms with Gasteiger partial charge in [0.25, 0.3) is 0 Å². The summed E-state index contributed by atoms with van der Waals surface area (Å²) in [5.41, 5.74) is 2.80. The van der Waals surface area contributed by atoms with Gasteiger partial charge in [-0.1, -0.05) is 42.2 Å². The molecule has 1 unspecified atom stereocenters. The molecule has 0 bridgehead atoms. The van der Waals surface area contributed by atoms with Gasteiger partial charge in [0.05, 0.1) is 30.9 Å². The highest BCUT2D eigenvalue weighted by molar-refractivity contribution is 5.39. The van der Waals surface area contributed by atoms with Crippen molar-refractivity contribution in [3.8, 4) is 17.9 Å². The molecule has 0 spiro atoms. The van der Waals surface area contributed by atoms with E-state index in [-0.39, 0.29) is 6.04 Å². The summed E-state index contributed by atoms with van der Waals surface area (Å²) in [4.78, 5) is 2.33. The number of nitrogens with zero attached hydrogens (tertiary/aromatic N) is 2. The lowest BCUT2D eigenvalue weighted by Crippen LogP contribution is -2.38. The molecule has 0 aliphatic carbocycles. The summed E-state index contributed by atoms with van der Waals surface area (Å²) < 4.78 is 5.45. The van der Waals surface area contributed by atoms with Crippen LogP contribution in [-0.2, 0) is 4.74 Å². The molecule has 1 atom stereocenters. The second-order valence-corrected chi connectivity index (χ2v) is 5.42. The predicted octanol–water partition coefficient (Wildman–Crippen LogP) is 2.98. The van der Waals surface area contributed by atoms with E-state index in [4.69, 9.17) is 10.00 Å². The molecule has 1 saturated heterocycles. The molecule has 3 nitrogen and oxygen atoms in total. The molecule has 2 aromatic rings. The van der Waals surface area contributed by atoms with Crippen molar-refractivity contribution < 1.29 is 4.74 Å². The highest BCUT2D eigenvalue weighted by Gasteiger charge is 2.20. The van der Waals surface area contributed by atoms with Crippen LogP contribution in [0.1, 0.15) is 22.7 Å². The van der Waals surface area contributed by atoms with Crippen LogP contribution in [0.4, 0.5) is 0 Å². The van der Waals surface area contributed by atoms with Crippen molar-refractivity contribution in [2.45, 2.75) is 6.04 Å². The molecule has 0 radical (unpaired) electrons. The van der Waals surface area contributed by atoms with Crippen LogP contribution in [0.5, 0.6) is 0 Å². The third-order valence-electron chi connectivity index (χ3n) is 3.89. The van der Waals surface area contributed by atoms with Crippen molar-refractivity contribution in [3.63, 3.8) is 0 Å². The summed E-state index contributed by atoms with van der Waals surface area (Å²) in [6.45, 7) is 3.21. The van der Waals surface area contributed by atoms with Gasteiger partial charge in [-0.3, -0.25) is 4.90 Å². The summed E-state index contributed by atoms with van der Waals surface area (Å²) in [5.74, 6) is 6.67. The SMILES string of the molecule is N#Cc1ccc(C(C#Cc2ccccc2)N2CCOCC2)cc1. The lowest BCUT2D eigenvalue weighted by molar-refractivity contribution is 0.0270. The van der Waals surface area contributed by atoms with E-state index < -0.39 is 0 Å². The summed E-state index contributed by atoms with van der Waals surface area (Å²) >= 11 is 0. The molecule has 114 valence electrons. The Hall–Kier alpha value is -2.59. The van der Waals surface area contributed by atoms with E-state index in [2.05, 4.69) is 22.8 Å².